The van der Waals surface area contributed by atoms with E-state index >= 15 is 0 Å². The fourth-order valence-electron chi connectivity index (χ4n) is 4.29. The minimum absolute atomic E-state index is 0.0153. The zero-order valence-electron chi connectivity index (χ0n) is 16.5. The van der Waals surface area contributed by atoms with Crippen molar-refractivity contribution in [2.24, 2.45) is 0 Å². The molecular weight excluding hydrogens is 422 g/mol. The van der Waals surface area contributed by atoms with Crippen LogP contribution >= 0.6 is 22.9 Å². The number of fused-ring (bicyclic) bond motifs is 3. The quantitative estimate of drug-likeness (QED) is 0.629. The molecule has 4 heterocycles. The smallest absolute Gasteiger partial charge is 0.259 e. The molecule has 9 heteroatoms. The number of halogens is 1. The summed E-state index contributed by atoms with van der Waals surface area (Å²) in [6, 6.07) is 3.33. The molecule has 0 radical (unpaired) electrons. The van der Waals surface area contributed by atoms with Gasteiger partial charge in [-0.1, -0.05) is 11.6 Å². The van der Waals surface area contributed by atoms with E-state index in [2.05, 4.69) is 14.9 Å². The van der Waals surface area contributed by atoms with E-state index in [0.29, 0.717) is 36.2 Å². The van der Waals surface area contributed by atoms with Crippen LogP contribution in [0.5, 0.6) is 0 Å². The van der Waals surface area contributed by atoms with Crippen LogP contribution in [0.2, 0.25) is 5.15 Å². The Morgan fingerprint density at radius 2 is 1.97 bits per heavy atom. The molecule has 0 aromatic carbocycles. The summed E-state index contributed by atoms with van der Waals surface area (Å²) in [6.45, 7) is 3.30. The van der Waals surface area contributed by atoms with Crippen LogP contribution in [0.25, 0.3) is 10.2 Å². The number of aromatic nitrogens is 3. The van der Waals surface area contributed by atoms with Crippen LogP contribution in [-0.4, -0.2) is 56.8 Å². The maximum absolute atomic E-state index is 12.7. The van der Waals surface area contributed by atoms with Gasteiger partial charge in [0, 0.05) is 37.3 Å². The Hall–Kier alpha value is -2.29. The lowest BCUT2D eigenvalue weighted by Crippen LogP contribution is -2.48. The van der Waals surface area contributed by atoms with Crippen molar-refractivity contribution < 1.29 is 4.79 Å². The number of pyridine rings is 1. The molecule has 1 aliphatic carbocycles. The molecule has 0 unspecified atom stereocenters. The molecule has 1 amide bonds. The number of amides is 1. The lowest BCUT2D eigenvalue weighted by atomic mass is 9.97. The minimum Gasteiger partial charge on any atom is -0.336 e. The number of carbonyl (C=O) groups is 1. The standard InChI is InChI=1S/C21H22ClN5O2S/c22-16-6-5-13(11-23-16)21(29)27-9-7-26(8-10-27)12-17-24-19(28)18-14-3-1-2-4-15(14)30-20(18)25-17/h5-6,11H,1-4,7-10,12H2,(H,24,25,28). The van der Waals surface area contributed by atoms with Gasteiger partial charge >= 0.3 is 0 Å². The Labute approximate surface area is 182 Å². The molecule has 0 spiro atoms. The molecule has 1 fully saturated rings. The van der Waals surface area contributed by atoms with E-state index in [1.54, 1.807) is 23.5 Å². The predicted octanol–water partition coefficient (Wildman–Crippen LogP) is 2.87. The number of aryl methyl sites for hydroxylation is 2. The molecule has 0 bridgehead atoms. The maximum Gasteiger partial charge on any atom is 0.259 e. The Balaban J connectivity index is 1.26. The molecular formula is C21H22ClN5O2S. The van der Waals surface area contributed by atoms with Crippen LogP contribution in [0.1, 0.15) is 39.5 Å². The average Bonchev–Trinajstić information content (AvgIpc) is 3.13. The summed E-state index contributed by atoms with van der Waals surface area (Å²) in [7, 11) is 0. The monoisotopic (exact) mass is 443 g/mol. The van der Waals surface area contributed by atoms with Crippen LogP contribution in [0, 0.1) is 0 Å². The fourth-order valence-corrected chi connectivity index (χ4v) is 5.68. The van der Waals surface area contributed by atoms with E-state index in [1.165, 1.54) is 23.1 Å². The average molecular weight is 444 g/mol. The van der Waals surface area contributed by atoms with Gasteiger partial charge in [0.25, 0.3) is 11.5 Å². The minimum atomic E-state index is -0.0315. The SMILES string of the molecule is O=C(c1ccc(Cl)nc1)N1CCN(Cc2nc3sc4c(c3c(=O)[nH]2)CCCC4)CC1. The van der Waals surface area contributed by atoms with E-state index in [4.69, 9.17) is 16.6 Å². The van der Waals surface area contributed by atoms with Crippen molar-refractivity contribution in [3.05, 3.63) is 55.7 Å². The first-order chi connectivity index (χ1) is 14.6. The summed E-state index contributed by atoms with van der Waals surface area (Å²) in [5, 5.41) is 1.17. The Morgan fingerprint density at radius 1 is 1.17 bits per heavy atom. The van der Waals surface area contributed by atoms with Crippen LogP contribution in [0.4, 0.5) is 0 Å². The van der Waals surface area contributed by atoms with Crippen LogP contribution in [0.3, 0.4) is 0 Å². The van der Waals surface area contributed by atoms with Crippen molar-refractivity contribution in [1.29, 1.82) is 0 Å². The van der Waals surface area contributed by atoms with Crippen molar-refractivity contribution in [2.45, 2.75) is 32.2 Å². The topological polar surface area (TPSA) is 82.2 Å². The largest absolute Gasteiger partial charge is 0.336 e. The van der Waals surface area contributed by atoms with Gasteiger partial charge in [0.15, 0.2) is 0 Å². The number of rotatable bonds is 3. The third-order valence-corrected chi connectivity index (χ3v) is 7.29. The number of nitrogens with one attached hydrogen (secondary N) is 1. The van der Waals surface area contributed by atoms with E-state index in [0.717, 1.165) is 42.6 Å². The van der Waals surface area contributed by atoms with Crippen molar-refractivity contribution in [2.75, 3.05) is 26.2 Å². The lowest BCUT2D eigenvalue weighted by molar-refractivity contribution is 0.0625. The summed E-state index contributed by atoms with van der Waals surface area (Å²) in [4.78, 5) is 43.3. The maximum atomic E-state index is 12.7. The molecule has 3 aromatic rings. The molecule has 0 atom stereocenters. The van der Waals surface area contributed by atoms with E-state index in [9.17, 15) is 9.59 Å². The first kappa shape index (κ1) is 19.7. The van der Waals surface area contributed by atoms with Gasteiger partial charge in [-0.25, -0.2) is 9.97 Å². The van der Waals surface area contributed by atoms with Crippen LogP contribution < -0.4 is 5.56 Å². The molecule has 0 saturated carbocycles. The highest BCUT2D eigenvalue weighted by Gasteiger charge is 2.24. The number of hydrogen-bond acceptors (Lipinski definition) is 6. The highest BCUT2D eigenvalue weighted by Crippen LogP contribution is 2.33. The van der Waals surface area contributed by atoms with E-state index in [-0.39, 0.29) is 11.5 Å². The number of carbonyl (C=O) groups excluding carboxylic acids is 1. The number of hydrogen-bond donors (Lipinski definition) is 1. The van der Waals surface area contributed by atoms with E-state index in [1.807, 2.05) is 4.90 Å². The van der Waals surface area contributed by atoms with Gasteiger partial charge in [0.05, 0.1) is 17.5 Å². The van der Waals surface area contributed by atoms with Crippen LogP contribution in [0.15, 0.2) is 23.1 Å². The zero-order chi connectivity index (χ0) is 20.7. The number of nitrogens with zero attached hydrogens (tertiary/aromatic N) is 4. The molecule has 2 aliphatic rings. The molecule has 30 heavy (non-hydrogen) atoms. The Bertz CT molecular complexity index is 1150. The third kappa shape index (κ3) is 3.75. The molecule has 156 valence electrons. The van der Waals surface area contributed by atoms with Gasteiger partial charge in [-0.05, 0) is 43.4 Å². The van der Waals surface area contributed by atoms with Gasteiger partial charge in [-0.2, -0.15) is 0 Å². The second kappa shape index (κ2) is 8.09. The van der Waals surface area contributed by atoms with Crippen molar-refractivity contribution in [3.63, 3.8) is 0 Å². The first-order valence-corrected chi connectivity index (χ1v) is 11.4. The zero-order valence-corrected chi connectivity index (χ0v) is 18.1. The van der Waals surface area contributed by atoms with Gasteiger partial charge in [0.2, 0.25) is 0 Å². The first-order valence-electron chi connectivity index (χ1n) is 10.2. The molecule has 1 N–H and O–H groups in total. The summed E-state index contributed by atoms with van der Waals surface area (Å²) >= 11 is 7.48. The second-order valence-electron chi connectivity index (χ2n) is 7.84. The fraction of sp³-hybridized carbons (Fsp3) is 0.429. The molecule has 3 aromatic heterocycles. The summed E-state index contributed by atoms with van der Waals surface area (Å²) in [6.07, 6.45) is 5.90. The molecule has 1 aliphatic heterocycles. The predicted molar refractivity (Wildman–Crippen MR) is 117 cm³/mol. The molecule has 5 rings (SSSR count). The van der Waals surface area contributed by atoms with Crippen molar-refractivity contribution >= 4 is 39.1 Å². The van der Waals surface area contributed by atoms with Crippen molar-refractivity contribution in [3.8, 4) is 0 Å². The number of thiophene rings is 1. The van der Waals surface area contributed by atoms with Gasteiger partial charge in [-0.15, -0.1) is 11.3 Å². The molecule has 1 saturated heterocycles. The summed E-state index contributed by atoms with van der Waals surface area (Å²) in [5.41, 5.74) is 1.75. The van der Waals surface area contributed by atoms with Gasteiger partial charge in [0.1, 0.15) is 15.8 Å². The van der Waals surface area contributed by atoms with Gasteiger partial charge in [-0.3, -0.25) is 14.5 Å². The number of aromatic amines is 1. The summed E-state index contributed by atoms with van der Waals surface area (Å²) < 4.78 is 0. The Kier molecular flexibility index (Phi) is 5.30. The van der Waals surface area contributed by atoms with E-state index < -0.39 is 0 Å². The highest BCUT2D eigenvalue weighted by atomic mass is 35.5. The Morgan fingerprint density at radius 3 is 2.73 bits per heavy atom. The number of H-pyrrole nitrogens is 1. The normalized spacial score (nSPS) is 17.3. The van der Waals surface area contributed by atoms with Crippen LogP contribution in [-0.2, 0) is 19.4 Å². The number of piperazine rings is 1. The highest BCUT2D eigenvalue weighted by molar-refractivity contribution is 7.18. The lowest BCUT2D eigenvalue weighted by Gasteiger charge is -2.34. The van der Waals surface area contributed by atoms with Gasteiger partial charge < -0.3 is 9.88 Å². The van der Waals surface area contributed by atoms with Crippen molar-refractivity contribution in [1.82, 2.24) is 24.8 Å². The third-order valence-electron chi connectivity index (χ3n) is 5.88. The summed E-state index contributed by atoms with van der Waals surface area (Å²) in [5.74, 6) is 0.670. The second-order valence-corrected chi connectivity index (χ2v) is 9.31. The molecule has 7 nitrogen and oxygen atoms in total.